The van der Waals surface area contributed by atoms with Crippen LogP contribution in [0.25, 0.3) is 0 Å². The van der Waals surface area contributed by atoms with Crippen molar-refractivity contribution in [3.8, 4) is 0 Å². The van der Waals surface area contributed by atoms with E-state index in [0.29, 0.717) is 18.4 Å². The van der Waals surface area contributed by atoms with Crippen molar-refractivity contribution in [1.82, 2.24) is 10.2 Å². The third-order valence-electron chi connectivity index (χ3n) is 3.94. The number of rotatable bonds is 9. The van der Waals surface area contributed by atoms with Crippen LogP contribution in [-0.4, -0.2) is 39.2 Å². The molecule has 9 nitrogen and oxygen atoms in total. The summed E-state index contributed by atoms with van der Waals surface area (Å²) in [6.07, 6.45) is 3.68. The molecule has 0 aliphatic carbocycles. The monoisotopic (exact) mass is 361 g/mol. The van der Waals surface area contributed by atoms with E-state index in [4.69, 9.17) is 5.11 Å². The average Bonchev–Trinajstić information content (AvgIpc) is 2.94. The summed E-state index contributed by atoms with van der Waals surface area (Å²) in [6, 6.07) is 4.39. The minimum absolute atomic E-state index is 0.137. The molecule has 1 aliphatic heterocycles. The molecule has 9 heteroatoms. The Morgan fingerprint density at radius 2 is 1.88 bits per heavy atom. The summed E-state index contributed by atoms with van der Waals surface area (Å²) in [5.74, 6) is -0.907. The second-order valence-corrected chi connectivity index (χ2v) is 5.77. The maximum Gasteiger partial charge on any atom is 0.275 e. The highest BCUT2D eigenvalue weighted by Crippen LogP contribution is 2.20. The van der Waals surface area contributed by atoms with Crippen LogP contribution in [0, 0.1) is 10.1 Å². The SMILES string of the molecule is O=C(CCCCN1C(=O)C=CC1=O)NCc1ccc(CO)c([N+](=O)[O-])c1. The molecule has 1 aromatic rings. The molecule has 0 bridgehead atoms. The summed E-state index contributed by atoms with van der Waals surface area (Å²) < 4.78 is 0. The standard InChI is InChI=1S/C17H19N3O6/c21-11-13-5-4-12(9-14(13)20(25)26)10-18-15(22)3-1-2-8-19-16(23)6-7-17(19)24/h4-7,9,21H,1-3,8,10-11H2,(H,18,22). The van der Waals surface area contributed by atoms with Gasteiger partial charge in [-0.1, -0.05) is 6.07 Å². The zero-order chi connectivity index (χ0) is 19.1. The minimum atomic E-state index is -0.577. The van der Waals surface area contributed by atoms with Gasteiger partial charge in [0, 0.05) is 37.7 Å². The van der Waals surface area contributed by atoms with E-state index < -0.39 is 11.5 Å². The van der Waals surface area contributed by atoms with Crippen LogP contribution in [0.2, 0.25) is 0 Å². The maximum absolute atomic E-state index is 11.8. The molecule has 1 aromatic carbocycles. The van der Waals surface area contributed by atoms with E-state index in [2.05, 4.69) is 5.32 Å². The smallest absolute Gasteiger partial charge is 0.275 e. The fourth-order valence-corrected chi connectivity index (χ4v) is 2.52. The van der Waals surface area contributed by atoms with E-state index in [0.717, 1.165) is 4.90 Å². The molecule has 0 fully saturated rings. The lowest BCUT2D eigenvalue weighted by molar-refractivity contribution is -0.385. The Morgan fingerprint density at radius 3 is 2.50 bits per heavy atom. The van der Waals surface area contributed by atoms with Gasteiger partial charge in [-0.3, -0.25) is 29.4 Å². The molecule has 1 heterocycles. The number of hydrogen-bond donors (Lipinski definition) is 2. The van der Waals surface area contributed by atoms with Crippen molar-refractivity contribution in [2.45, 2.75) is 32.4 Å². The first kappa shape index (κ1) is 19.3. The van der Waals surface area contributed by atoms with Crippen molar-refractivity contribution in [2.75, 3.05) is 6.54 Å². The molecule has 0 aromatic heterocycles. The molecule has 1 aliphatic rings. The molecular weight excluding hydrogens is 342 g/mol. The molecule has 0 saturated carbocycles. The van der Waals surface area contributed by atoms with Crippen molar-refractivity contribution in [3.63, 3.8) is 0 Å². The van der Waals surface area contributed by atoms with Crippen LogP contribution in [0.5, 0.6) is 0 Å². The molecule has 3 amide bonds. The summed E-state index contributed by atoms with van der Waals surface area (Å²) in [5, 5.41) is 22.7. The van der Waals surface area contributed by atoms with Gasteiger partial charge >= 0.3 is 0 Å². The highest BCUT2D eigenvalue weighted by Gasteiger charge is 2.22. The third-order valence-corrected chi connectivity index (χ3v) is 3.94. The fourth-order valence-electron chi connectivity index (χ4n) is 2.52. The molecule has 0 spiro atoms. The van der Waals surface area contributed by atoms with E-state index in [-0.39, 0.29) is 48.5 Å². The molecule has 0 unspecified atom stereocenters. The molecule has 26 heavy (non-hydrogen) atoms. The number of carbonyl (C=O) groups is 3. The largest absolute Gasteiger partial charge is 0.391 e. The van der Waals surface area contributed by atoms with Gasteiger partial charge in [0.25, 0.3) is 17.5 Å². The van der Waals surface area contributed by atoms with E-state index >= 15 is 0 Å². The number of carbonyl (C=O) groups excluding carboxylic acids is 3. The first-order chi connectivity index (χ1) is 12.4. The Balaban J connectivity index is 1.73. The van der Waals surface area contributed by atoms with Crippen molar-refractivity contribution < 1.29 is 24.4 Å². The van der Waals surface area contributed by atoms with Crippen LogP contribution in [0.4, 0.5) is 5.69 Å². The number of nitrogens with zero attached hydrogens (tertiary/aromatic N) is 2. The van der Waals surface area contributed by atoms with Crippen LogP contribution in [0.1, 0.15) is 30.4 Å². The average molecular weight is 361 g/mol. The zero-order valence-electron chi connectivity index (χ0n) is 14.0. The lowest BCUT2D eigenvalue weighted by Crippen LogP contribution is -2.31. The highest BCUT2D eigenvalue weighted by molar-refractivity contribution is 6.12. The zero-order valence-corrected chi connectivity index (χ0v) is 14.0. The van der Waals surface area contributed by atoms with Crippen molar-refractivity contribution in [3.05, 3.63) is 51.6 Å². The third kappa shape index (κ3) is 4.96. The Kier molecular flexibility index (Phi) is 6.56. The van der Waals surface area contributed by atoms with E-state index in [1.165, 1.54) is 24.3 Å². The summed E-state index contributed by atoms with van der Waals surface area (Å²) in [5.41, 5.74) is 0.583. The Labute approximate surface area is 149 Å². The Hall–Kier alpha value is -3.07. The van der Waals surface area contributed by atoms with Gasteiger partial charge < -0.3 is 10.4 Å². The fraction of sp³-hybridized carbons (Fsp3) is 0.353. The molecule has 0 radical (unpaired) electrons. The summed E-state index contributed by atoms with van der Waals surface area (Å²) in [7, 11) is 0. The molecule has 2 rings (SSSR count). The van der Waals surface area contributed by atoms with Crippen LogP contribution in [-0.2, 0) is 27.5 Å². The number of unbranched alkanes of at least 4 members (excludes halogenated alkanes) is 1. The maximum atomic E-state index is 11.8. The van der Waals surface area contributed by atoms with E-state index in [1.807, 2.05) is 0 Å². The topological polar surface area (TPSA) is 130 Å². The number of nitrogens with one attached hydrogen (secondary N) is 1. The first-order valence-electron chi connectivity index (χ1n) is 8.09. The number of aliphatic hydroxyl groups excluding tert-OH is 1. The number of nitro benzene ring substituents is 1. The Bertz CT molecular complexity index is 741. The molecule has 0 atom stereocenters. The normalized spacial score (nSPS) is 13.3. The number of hydrogen-bond acceptors (Lipinski definition) is 6. The van der Waals surface area contributed by atoms with Gasteiger partial charge in [0.15, 0.2) is 0 Å². The second-order valence-electron chi connectivity index (χ2n) is 5.77. The Morgan fingerprint density at radius 1 is 1.19 bits per heavy atom. The number of benzene rings is 1. The lowest BCUT2D eigenvalue weighted by Gasteiger charge is -2.13. The first-order valence-corrected chi connectivity index (χ1v) is 8.09. The van der Waals surface area contributed by atoms with Crippen LogP contribution in [0.15, 0.2) is 30.4 Å². The number of aliphatic hydroxyl groups is 1. The number of nitro groups is 1. The lowest BCUT2D eigenvalue weighted by atomic mass is 10.1. The van der Waals surface area contributed by atoms with Gasteiger partial charge in [-0.05, 0) is 24.5 Å². The van der Waals surface area contributed by atoms with Crippen molar-refractivity contribution in [2.24, 2.45) is 0 Å². The molecule has 2 N–H and O–H groups in total. The predicted octanol–water partition coefficient (Wildman–Crippen LogP) is 0.799. The van der Waals surface area contributed by atoms with Gasteiger partial charge in [-0.2, -0.15) is 0 Å². The highest BCUT2D eigenvalue weighted by atomic mass is 16.6. The summed E-state index contributed by atoms with van der Waals surface area (Å²) >= 11 is 0. The number of imide groups is 1. The van der Waals surface area contributed by atoms with Gasteiger partial charge in [-0.25, -0.2) is 0 Å². The molecule has 0 saturated heterocycles. The van der Waals surface area contributed by atoms with Crippen LogP contribution >= 0.6 is 0 Å². The van der Waals surface area contributed by atoms with Gasteiger partial charge in [0.1, 0.15) is 0 Å². The predicted molar refractivity (Wildman–Crippen MR) is 90.6 cm³/mol. The number of amides is 3. The van der Waals surface area contributed by atoms with Crippen molar-refractivity contribution in [1.29, 1.82) is 0 Å². The van der Waals surface area contributed by atoms with Gasteiger partial charge in [-0.15, -0.1) is 0 Å². The van der Waals surface area contributed by atoms with E-state index in [1.54, 1.807) is 6.07 Å². The summed E-state index contributed by atoms with van der Waals surface area (Å²) in [6.45, 7) is -0.0222. The minimum Gasteiger partial charge on any atom is -0.391 e. The van der Waals surface area contributed by atoms with Crippen LogP contribution < -0.4 is 5.32 Å². The molecule has 138 valence electrons. The summed E-state index contributed by atoms with van der Waals surface area (Å²) in [4.78, 5) is 46.1. The van der Waals surface area contributed by atoms with Crippen LogP contribution in [0.3, 0.4) is 0 Å². The second kappa shape index (κ2) is 8.86. The van der Waals surface area contributed by atoms with E-state index in [9.17, 15) is 24.5 Å². The van der Waals surface area contributed by atoms with Gasteiger partial charge in [0.05, 0.1) is 17.1 Å². The molecular formula is C17H19N3O6. The van der Waals surface area contributed by atoms with Crippen molar-refractivity contribution >= 4 is 23.4 Å². The quantitative estimate of drug-likeness (QED) is 0.290. The van der Waals surface area contributed by atoms with Gasteiger partial charge in [0.2, 0.25) is 5.91 Å².